The molecular formula is C14H21NO2. The molecule has 1 aromatic rings. The van der Waals surface area contributed by atoms with Gasteiger partial charge in [-0.05, 0) is 43.5 Å². The fraction of sp³-hybridized carbons (Fsp3) is 0.500. The Morgan fingerprint density at radius 3 is 2.59 bits per heavy atom. The van der Waals surface area contributed by atoms with Crippen molar-refractivity contribution in [2.75, 3.05) is 13.7 Å². The standard InChI is InChI=1S/C14H21NO2/c1-9-5-11(3)14(13(7-9)17-4)12(16)6-10(2)8-15/h5,7,10H,6,8,15H2,1-4H3. The third-order valence-electron chi connectivity index (χ3n) is 2.88. The molecule has 0 bridgehead atoms. The van der Waals surface area contributed by atoms with Crippen molar-refractivity contribution >= 4 is 5.78 Å². The Morgan fingerprint density at radius 1 is 1.41 bits per heavy atom. The number of aryl methyl sites for hydroxylation is 2. The molecule has 0 aliphatic heterocycles. The average molecular weight is 235 g/mol. The van der Waals surface area contributed by atoms with E-state index in [1.807, 2.05) is 32.9 Å². The maximum Gasteiger partial charge on any atom is 0.167 e. The molecule has 0 fully saturated rings. The third kappa shape index (κ3) is 3.30. The number of carbonyl (C=O) groups is 1. The smallest absolute Gasteiger partial charge is 0.167 e. The van der Waals surface area contributed by atoms with Gasteiger partial charge in [0.2, 0.25) is 0 Å². The number of ketones is 1. The molecule has 0 saturated carbocycles. The van der Waals surface area contributed by atoms with Crippen molar-refractivity contribution in [1.29, 1.82) is 0 Å². The second kappa shape index (κ2) is 5.82. The highest BCUT2D eigenvalue weighted by Gasteiger charge is 2.17. The van der Waals surface area contributed by atoms with Crippen LogP contribution in [0.5, 0.6) is 5.75 Å². The van der Waals surface area contributed by atoms with E-state index >= 15 is 0 Å². The van der Waals surface area contributed by atoms with Gasteiger partial charge in [-0.3, -0.25) is 4.79 Å². The molecular weight excluding hydrogens is 214 g/mol. The summed E-state index contributed by atoms with van der Waals surface area (Å²) in [5, 5.41) is 0. The van der Waals surface area contributed by atoms with Gasteiger partial charge in [0.05, 0.1) is 12.7 Å². The van der Waals surface area contributed by atoms with Crippen LogP contribution in [0, 0.1) is 19.8 Å². The molecule has 1 aromatic carbocycles. The molecule has 1 atom stereocenters. The lowest BCUT2D eigenvalue weighted by Crippen LogP contribution is -2.16. The highest BCUT2D eigenvalue weighted by atomic mass is 16.5. The lowest BCUT2D eigenvalue weighted by Gasteiger charge is -2.14. The minimum absolute atomic E-state index is 0.109. The molecule has 0 aliphatic carbocycles. The molecule has 0 aromatic heterocycles. The van der Waals surface area contributed by atoms with Gasteiger partial charge >= 0.3 is 0 Å². The molecule has 94 valence electrons. The van der Waals surface area contributed by atoms with Crippen LogP contribution in [0.25, 0.3) is 0 Å². The first-order valence-electron chi connectivity index (χ1n) is 5.88. The number of hydrogen-bond donors (Lipinski definition) is 1. The third-order valence-corrected chi connectivity index (χ3v) is 2.88. The van der Waals surface area contributed by atoms with Gasteiger partial charge in [0.15, 0.2) is 5.78 Å². The summed E-state index contributed by atoms with van der Waals surface area (Å²) >= 11 is 0. The van der Waals surface area contributed by atoms with Gasteiger partial charge in [-0.15, -0.1) is 0 Å². The minimum Gasteiger partial charge on any atom is -0.496 e. The topological polar surface area (TPSA) is 52.3 Å². The molecule has 1 unspecified atom stereocenters. The molecule has 0 heterocycles. The summed E-state index contributed by atoms with van der Waals surface area (Å²) in [5.41, 5.74) is 8.31. The fourth-order valence-electron chi connectivity index (χ4n) is 1.95. The molecule has 0 aliphatic rings. The van der Waals surface area contributed by atoms with E-state index in [0.717, 1.165) is 11.1 Å². The van der Waals surface area contributed by atoms with Gasteiger partial charge in [0.1, 0.15) is 5.75 Å². The molecule has 0 radical (unpaired) electrons. The highest BCUT2D eigenvalue weighted by molar-refractivity contribution is 6.00. The number of nitrogens with two attached hydrogens (primary N) is 1. The van der Waals surface area contributed by atoms with Crippen LogP contribution < -0.4 is 10.5 Å². The monoisotopic (exact) mass is 235 g/mol. The Hall–Kier alpha value is -1.35. The van der Waals surface area contributed by atoms with Gasteiger partial charge in [-0.2, -0.15) is 0 Å². The van der Waals surface area contributed by atoms with Crippen molar-refractivity contribution in [3.63, 3.8) is 0 Å². The fourth-order valence-corrected chi connectivity index (χ4v) is 1.95. The Morgan fingerprint density at radius 2 is 2.06 bits per heavy atom. The second-order valence-corrected chi connectivity index (χ2v) is 4.63. The zero-order chi connectivity index (χ0) is 13.0. The highest BCUT2D eigenvalue weighted by Crippen LogP contribution is 2.26. The van der Waals surface area contributed by atoms with Crippen molar-refractivity contribution in [1.82, 2.24) is 0 Å². The summed E-state index contributed by atoms with van der Waals surface area (Å²) in [6, 6.07) is 3.90. The predicted molar refractivity (Wildman–Crippen MR) is 69.6 cm³/mol. The number of benzene rings is 1. The zero-order valence-corrected chi connectivity index (χ0v) is 11.0. The zero-order valence-electron chi connectivity index (χ0n) is 11.0. The maximum atomic E-state index is 12.2. The number of methoxy groups -OCH3 is 1. The Kier molecular flexibility index (Phi) is 4.70. The van der Waals surface area contributed by atoms with E-state index in [-0.39, 0.29) is 11.7 Å². The van der Waals surface area contributed by atoms with Crippen molar-refractivity contribution in [3.05, 3.63) is 28.8 Å². The summed E-state index contributed by atoms with van der Waals surface area (Å²) in [5.74, 6) is 0.974. The molecule has 0 spiro atoms. The minimum atomic E-state index is 0.109. The van der Waals surface area contributed by atoms with E-state index in [0.29, 0.717) is 24.3 Å². The summed E-state index contributed by atoms with van der Waals surface area (Å²) in [6.07, 6.45) is 0.469. The summed E-state index contributed by atoms with van der Waals surface area (Å²) in [7, 11) is 1.59. The van der Waals surface area contributed by atoms with Crippen LogP contribution in [0.3, 0.4) is 0 Å². The van der Waals surface area contributed by atoms with E-state index in [2.05, 4.69) is 0 Å². The van der Waals surface area contributed by atoms with E-state index < -0.39 is 0 Å². The van der Waals surface area contributed by atoms with Gasteiger partial charge in [0.25, 0.3) is 0 Å². The van der Waals surface area contributed by atoms with Gasteiger partial charge in [0, 0.05) is 6.42 Å². The van der Waals surface area contributed by atoms with Crippen LogP contribution in [0.15, 0.2) is 12.1 Å². The van der Waals surface area contributed by atoms with Crippen molar-refractivity contribution < 1.29 is 9.53 Å². The number of carbonyl (C=O) groups excluding carboxylic acids is 1. The van der Waals surface area contributed by atoms with Crippen LogP contribution in [0.1, 0.15) is 34.8 Å². The Bertz CT molecular complexity index is 413. The first-order valence-corrected chi connectivity index (χ1v) is 5.88. The molecule has 3 nitrogen and oxygen atoms in total. The van der Waals surface area contributed by atoms with Gasteiger partial charge in [-0.25, -0.2) is 0 Å². The molecule has 3 heteroatoms. The SMILES string of the molecule is COc1cc(C)cc(C)c1C(=O)CC(C)CN. The molecule has 17 heavy (non-hydrogen) atoms. The van der Waals surface area contributed by atoms with E-state index in [4.69, 9.17) is 10.5 Å². The van der Waals surface area contributed by atoms with Crippen LogP contribution >= 0.6 is 0 Å². The first-order chi connectivity index (χ1) is 7.99. The van der Waals surface area contributed by atoms with Crippen LogP contribution in [0.2, 0.25) is 0 Å². The van der Waals surface area contributed by atoms with E-state index in [1.54, 1.807) is 7.11 Å². The van der Waals surface area contributed by atoms with Crippen molar-refractivity contribution in [2.45, 2.75) is 27.2 Å². The summed E-state index contributed by atoms with van der Waals surface area (Å²) < 4.78 is 5.29. The lowest BCUT2D eigenvalue weighted by molar-refractivity contribution is 0.0962. The quantitative estimate of drug-likeness (QED) is 0.798. The van der Waals surface area contributed by atoms with Crippen molar-refractivity contribution in [2.24, 2.45) is 11.7 Å². The molecule has 1 rings (SSSR count). The van der Waals surface area contributed by atoms with Crippen LogP contribution in [-0.2, 0) is 0 Å². The maximum absolute atomic E-state index is 12.2. The molecule has 0 amide bonds. The Balaban J connectivity index is 3.08. The summed E-state index contributed by atoms with van der Waals surface area (Å²) in [4.78, 5) is 12.2. The van der Waals surface area contributed by atoms with E-state index in [1.165, 1.54) is 0 Å². The predicted octanol–water partition coefficient (Wildman–Crippen LogP) is 2.48. The van der Waals surface area contributed by atoms with E-state index in [9.17, 15) is 4.79 Å². The van der Waals surface area contributed by atoms with Gasteiger partial charge in [-0.1, -0.05) is 13.0 Å². The van der Waals surface area contributed by atoms with Crippen LogP contribution in [-0.4, -0.2) is 19.4 Å². The normalized spacial score (nSPS) is 12.3. The number of Topliss-reactive ketones (excluding diaryl/α,β-unsaturated/α-hetero) is 1. The molecule has 0 saturated heterocycles. The molecule has 2 N–H and O–H groups in total. The number of hydrogen-bond acceptors (Lipinski definition) is 3. The Labute approximate surface area is 103 Å². The second-order valence-electron chi connectivity index (χ2n) is 4.63. The van der Waals surface area contributed by atoms with Gasteiger partial charge < -0.3 is 10.5 Å². The number of rotatable bonds is 5. The van der Waals surface area contributed by atoms with Crippen LogP contribution in [0.4, 0.5) is 0 Å². The first kappa shape index (κ1) is 13.7. The summed E-state index contributed by atoms with van der Waals surface area (Å²) in [6.45, 7) is 6.44. The largest absolute Gasteiger partial charge is 0.496 e. The number of ether oxygens (including phenoxy) is 1. The lowest BCUT2D eigenvalue weighted by atomic mass is 9.95. The van der Waals surface area contributed by atoms with Crippen molar-refractivity contribution in [3.8, 4) is 5.75 Å². The average Bonchev–Trinajstić information content (AvgIpc) is 2.27.